The van der Waals surface area contributed by atoms with Crippen molar-refractivity contribution < 1.29 is 9.66 Å². The average molecular weight is 449 g/mol. The van der Waals surface area contributed by atoms with E-state index in [1.807, 2.05) is 54.0 Å². The standard InChI is InChI=1S/C18H17BrN4O3S/c1-12-20-21-18(23(12)14-6-4-3-5-7-14)27-17(11-22(24)25)15-10-13(19)8-9-16(15)26-2/h3-10,17H,11H2,1-2H3/t17-/m1/s1. The van der Waals surface area contributed by atoms with Crippen LogP contribution in [0.4, 0.5) is 0 Å². The molecule has 0 saturated heterocycles. The van der Waals surface area contributed by atoms with Crippen LogP contribution in [0, 0.1) is 17.0 Å². The first-order chi connectivity index (χ1) is 13.0. The summed E-state index contributed by atoms with van der Waals surface area (Å²) in [6, 6.07) is 15.1. The fourth-order valence-corrected chi connectivity index (χ4v) is 4.28. The van der Waals surface area contributed by atoms with Crippen LogP contribution in [0.15, 0.2) is 58.2 Å². The molecule has 140 valence electrons. The zero-order valence-electron chi connectivity index (χ0n) is 14.7. The van der Waals surface area contributed by atoms with Gasteiger partial charge in [-0.3, -0.25) is 14.7 Å². The Kier molecular flexibility index (Phi) is 6.12. The fourth-order valence-electron chi connectivity index (χ4n) is 2.71. The molecule has 0 aliphatic rings. The normalized spacial score (nSPS) is 12.0. The van der Waals surface area contributed by atoms with Gasteiger partial charge in [0.05, 0.1) is 7.11 Å². The lowest BCUT2D eigenvalue weighted by molar-refractivity contribution is -0.479. The Morgan fingerprint density at radius 2 is 2.00 bits per heavy atom. The Morgan fingerprint density at radius 1 is 1.26 bits per heavy atom. The second kappa shape index (κ2) is 8.53. The number of hydrogen-bond acceptors (Lipinski definition) is 6. The Hall–Kier alpha value is -2.39. The third-order valence-corrected chi connectivity index (χ3v) is 5.57. The summed E-state index contributed by atoms with van der Waals surface area (Å²) in [5.41, 5.74) is 1.64. The predicted octanol–water partition coefficient (Wildman–Crippen LogP) is 4.46. The highest BCUT2D eigenvalue weighted by Crippen LogP contribution is 2.40. The molecule has 0 N–H and O–H groups in total. The van der Waals surface area contributed by atoms with Gasteiger partial charge in [0.1, 0.15) is 16.8 Å². The maximum Gasteiger partial charge on any atom is 0.220 e. The first-order valence-electron chi connectivity index (χ1n) is 8.09. The summed E-state index contributed by atoms with van der Waals surface area (Å²) < 4.78 is 8.14. The number of thioether (sulfide) groups is 1. The number of halogens is 1. The molecule has 1 aromatic heterocycles. The first-order valence-corrected chi connectivity index (χ1v) is 9.76. The monoisotopic (exact) mass is 448 g/mol. The van der Waals surface area contributed by atoms with Gasteiger partial charge >= 0.3 is 0 Å². The van der Waals surface area contributed by atoms with E-state index in [-0.39, 0.29) is 11.5 Å². The number of rotatable bonds is 7. The van der Waals surface area contributed by atoms with Crippen molar-refractivity contribution in [3.63, 3.8) is 0 Å². The number of para-hydroxylation sites is 1. The van der Waals surface area contributed by atoms with Crippen molar-refractivity contribution in [2.75, 3.05) is 13.7 Å². The summed E-state index contributed by atoms with van der Waals surface area (Å²) in [7, 11) is 1.55. The molecule has 1 atom stereocenters. The summed E-state index contributed by atoms with van der Waals surface area (Å²) >= 11 is 4.73. The van der Waals surface area contributed by atoms with Gasteiger partial charge in [0.15, 0.2) is 5.16 Å². The number of aryl methyl sites for hydroxylation is 1. The van der Waals surface area contributed by atoms with Gasteiger partial charge in [-0.15, -0.1) is 10.2 Å². The minimum absolute atomic E-state index is 0.266. The van der Waals surface area contributed by atoms with Gasteiger partial charge in [-0.2, -0.15) is 0 Å². The zero-order valence-corrected chi connectivity index (χ0v) is 17.1. The summed E-state index contributed by atoms with van der Waals surface area (Å²) in [6.07, 6.45) is 0. The van der Waals surface area contributed by atoms with Crippen LogP contribution >= 0.6 is 27.7 Å². The molecular formula is C18H17BrN4O3S. The molecule has 3 rings (SSSR count). The van der Waals surface area contributed by atoms with Gasteiger partial charge in [-0.25, -0.2) is 0 Å². The van der Waals surface area contributed by atoms with Gasteiger partial charge in [0, 0.05) is 20.6 Å². The number of methoxy groups -OCH3 is 1. The summed E-state index contributed by atoms with van der Waals surface area (Å²) in [5, 5.41) is 19.8. The molecule has 0 amide bonds. The summed E-state index contributed by atoms with van der Waals surface area (Å²) in [6.45, 7) is 1.59. The van der Waals surface area contributed by atoms with Crippen LogP contribution in [0.3, 0.4) is 0 Å². The molecule has 0 aliphatic heterocycles. The van der Waals surface area contributed by atoms with Gasteiger partial charge in [0.2, 0.25) is 6.54 Å². The molecular weight excluding hydrogens is 432 g/mol. The topological polar surface area (TPSA) is 83.1 Å². The molecule has 0 fully saturated rings. The van der Waals surface area contributed by atoms with Crippen LogP contribution in [0.25, 0.3) is 5.69 Å². The number of ether oxygens (including phenoxy) is 1. The van der Waals surface area contributed by atoms with Crippen molar-refractivity contribution in [2.24, 2.45) is 0 Å². The molecule has 0 bridgehead atoms. The maximum absolute atomic E-state index is 11.3. The van der Waals surface area contributed by atoms with Crippen molar-refractivity contribution in [1.82, 2.24) is 14.8 Å². The van der Waals surface area contributed by atoms with Crippen LogP contribution in [0.5, 0.6) is 5.75 Å². The molecule has 0 unspecified atom stereocenters. The van der Waals surface area contributed by atoms with E-state index in [1.165, 1.54) is 11.8 Å². The van der Waals surface area contributed by atoms with E-state index in [9.17, 15) is 10.1 Å². The fraction of sp³-hybridized carbons (Fsp3) is 0.222. The second-order valence-electron chi connectivity index (χ2n) is 5.71. The number of aromatic nitrogens is 3. The smallest absolute Gasteiger partial charge is 0.220 e. The highest BCUT2D eigenvalue weighted by molar-refractivity contribution is 9.10. The Morgan fingerprint density at radius 3 is 2.67 bits per heavy atom. The van der Waals surface area contributed by atoms with Crippen LogP contribution in [0.2, 0.25) is 0 Å². The van der Waals surface area contributed by atoms with E-state index in [2.05, 4.69) is 26.1 Å². The average Bonchev–Trinajstić information content (AvgIpc) is 3.01. The Balaban J connectivity index is 2.03. The number of benzene rings is 2. The lowest BCUT2D eigenvalue weighted by Gasteiger charge is -2.17. The Bertz CT molecular complexity index is 949. The van der Waals surface area contributed by atoms with Gasteiger partial charge < -0.3 is 4.74 Å². The van der Waals surface area contributed by atoms with E-state index in [1.54, 1.807) is 13.2 Å². The first kappa shape index (κ1) is 19.4. The van der Waals surface area contributed by atoms with Gasteiger partial charge in [0.25, 0.3) is 0 Å². The van der Waals surface area contributed by atoms with E-state index in [0.29, 0.717) is 16.7 Å². The van der Waals surface area contributed by atoms with Crippen LogP contribution < -0.4 is 4.74 Å². The zero-order chi connectivity index (χ0) is 19.4. The molecule has 9 heteroatoms. The lowest BCUT2D eigenvalue weighted by Crippen LogP contribution is -2.12. The molecule has 1 heterocycles. The van der Waals surface area contributed by atoms with Crippen molar-refractivity contribution in [2.45, 2.75) is 17.3 Å². The molecule has 0 saturated carbocycles. The van der Waals surface area contributed by atoms with E-state index in [4.69, 9.17) is 4.74 Å². The van der Waals surface area contributed by atoms with Crippen LogP contribution in [-0.4, -0.2) is 33.3 Å². The molecule has 7 nitrogen and oxygen atoms in total. The SMILES string of the molecule is COc1ccc(Br)cc1[C@@H](C[N+](=O)[O-])Sc1nnc(C)n1-c1ccccc1. The van der Waals surface area contributed by atoms with Gasteiger partial charge in [-0.05, 0) is 37.3 Å². The minimum Gasteiger partial charge on any atom is -0.496 e. The molecule has 0 radical (unpaired) electrons. The van der Waals surface area contributed by atoms with Crippen LogP contribution in [0.1, 0.15) is 16.6 Å². The molecule has 0 spiro atoms. The third kappa shape index (κ3) is 4.48. The number of hydrogen-bond donors (Lipinski definition) is 0. The second-order valence-corrected chi connectivity index (χ2v) is 7.79. The number of nitro groups is 1. The molecule has 27 heavy (non-hydrogen) atoms. The Labute approximate surface area is 169 Å². The maximum atomic E-state index is 11.3. The van der Waals surface area contributed by atoms with E-state index in [0.717, 1.165) is 15.7 Å². The molecule has 0 aliphatic carbocycles. The molecule has 3 aromatic rings. The quantitative estimate of drug-likeness (QED) is 0.301. The van der Waals surface area contributed by atoms with E-state index >= 15 is 0 Å². The minimum atomic E-state index is -0.487. The summed E-state index contributed by atoms with van der Waals surface area (Å²) in [5.74, 6) is 1.31. The van der Waals surface area contributed by atoms with Crippen LogP contribution in [-0.2, 0) is 0 Å². The van der Waals surface area contributed by atoms with Gasteiger partial charge in [-0.1, -0.05) is 45.9 Å². The predicted molar refractivity (Wildman–Crippen MR) is 107 cm³/mol. The summed E-state index contributed by atoms with van der Waals surface area (Å²) in [4.78, 5) is 11.0. The van der Waals surface area contributed by atoms with Crippen molar-refractivity contribution in [1.29, 1.82) is 0 Å². The largest absolute Gasteiger partial charge is 0.496 e. The highest BCUT2D eigenvalue weighted by atomic mass is 79.9. The van der Waals surface area contributed by atoms with Crippen molar-refractivity contribution in [3.8, 4) is 11.4 Å². The number of nitrogens with zero attached hydrogens (tertiary/aromatic N) is 4. The lowest BCUT2D eigenvalue weighted by atomic mass is 10.1. The highest BCUT2D eigenvalue weighted by Gasteiger charge is 2.26. The van der Waals surface area contributed by atoms with Crippen molar-refractivity contribution >= 4 is 27.7 Å². The third-order valence-electron chi connectivity index (χ3n) is 3.91. The molecule has 2 aromatic carbocycles. The van der Waals surface area contributed by atoms with Crippen molar-refractivity contribution in [3.05, 3.63) is 74.5 Å². The van der Waals surface area contributed by atoms with E-state index < -0.39 is 5.25 Å².